The van der Waals surface area contributed by atoms with Gasteiger partial charge in [-0.15, -0.1) is 0 Å². The Kier molecular flexibility index (Phi) is 3.90. The van der Waals surface area contributed by atoms with Crippen molar-refractivity contribution in [3.05, 3.63) is 23.2 Å². The van der Waals surface area contributed by atoms with Gasteiger partial charge in [-0.05, 0) is 19.4 Å². The highest BCUT2D eigenvalue weighted by Crippen LogP contribution is 2.16. The van der Waals surface area contributed by atoms with Crippen LogP contribution in [0.4, 0.5) is 0 Å². The van der Waals surface area contributed by atoms with Gasteiger partial charge in [-0.2, -0.15) is 0 Å². The van der Waals surface area contributed by atoms with Gasteiger partial charge in [0.05, 0.1) is 6.54 Å². The van der Waals surface area contributed by atoms with Gasteiger partial charge in [-0.1, -0.05) is 0 Å². The predicted octanol–water partition coefficient (Wildman–Crippen LogP) is 0.997. The van der Waals surface area contributed by atoms with E-state index < -0.39 is 5.97 Å². The van der Waals surface area contributed by atoms with Gasteiger partial charge < -0.3 is 19.7 Å². The SMILES string of the molecule is Cc1cc(CNC2CCC(=O)N(C)C2)oc1C(=O)O. The summed E-state index contributed by atoms with van der Waals surface area (Å²) in [5, 5.41) is 12.2. The lowest BCUT2D eigenvalue weighted by Crippen LogP contribution is -2.46. The van der Waals surface area contributed by atoms with Crippen LogP contribution >= 0.6 is 0 Å². The molecule has 2 heterocycles. The van der Waals surface area contributed by atoms with Crippen molar-refractivity contribution in [2.45, 2.75) is 32.4 Å². The summed E-state index contributed by atoms with van der Waals surface area (Å²) in [4.78, 5) is 23.9. The Morgan fingerprint density at radius 2 is 2.37 bits per heavy atom. The van der Waals surface area contributed by atoms with Crippen molar-refractivity contribution in [2.24, 2.45) is 0 Å². The second-order valence-electron chi connectivity index (χ2n) is 4.92. The van der Waals surface area contributed by atoms with E-state index in [9.17, 15) is 9.59 Å². The van der Waals surface area contributed by atoms with Crippen LogP contribution in [0.15, 0.2) is 10.5 Å². The molecule has 0 radical (unpaired) electrons. The van der Waals surface area contributed by atoms with Gasteiger partial charge in [0.25, 0.3) is 0 Å². The summed E-state index contributed by atoms with van der Waals surface area (Å²) in [7, 11) is 1.79. The Morgan fingerprint density at radius 3 is 2.95 bits per heavy atom. The number of nitrogens with zero attached hydrogens (tertiary/aromatic N) is 1. The molecule has 0 aliphatic carbocycles. The lowest BCUT2D eigenvalue weighted by atomic mass is 10.1. The maximum absolute atomic E-state index is 11.4. The van der Waals surface area contributed by atoms with E-state index in [1.54, 1.807) is 24.9 Å². The molecule has 1 fully saturated rings. The lowest BCUT2D eigenvalue weighted by molar-refractivity contribution is -0.132. The molecular weight excluding hydrogens is 248 g/mol. The summed E-state index contributed by atoms with van der Waals surface area (Å²) in [6.45, 7) is 2.86. The third kappa shape index (κ3) is 3.14. The first-order chi connectivity index (χ1) is 8.97. The number of rotatable bonds is 4. The van der Waals surface area contributed by atoms with Crippen LogP contribution in [0.1, 0.15) is 34.7 Å². The van der Waals surface area contributed by atoms with E-state index in [1.807, 2.05) is 0 Å². The zero-order valence-corrected chi connectivity index (χ0v) is 11.1. The Labute approximate surface area is 111 Å². The van der Waals surface area contributed by atoms with E-state index in [0.29, 0.717) is 30.8 Å². The van der Waals surface area contributed by atoms with E-state index in [1.165, 1.54) is 0 Å². The standard InChI is InChI=1S/C13H18N2O4/c1-8-5-10(19-12(8)13(17)18)6-14-9-3-4-11(16)15(2)7-9/h5,9,14H,3-4,6-7H2,1-2H3,(H,17,18). The number of aryl methyl sites for hydroxylation is 1. The van der Waals surface area contributed by atoms with Crippen molar-refractivity contribution in [3.63, 3.8) is 0 Å². The topological polar surface area (TPSA) is 82.8 Å². The van der Waals surface area contributed by atoms with Gasteiger partial charge >= 0.3 is 5.97 Å². The Hall–Kier alpha value is -1.82. The third-order valence-electron chi connectivity index (χ3n) is 3.35. The molecule has 2 rings (SSSR count). The molecule has 1 aromatic rings. The molecule has 1 unspecified atom stereocenters. The molecule has 2 N–H and O–H groups in total. The largest absolute Gasteiger partial charge is 0.475 e. The number of piperidine rings is 1. The van der Waals surface area contributed by atoms with Crippen molar-refractivity contribution in [1.29, 1.82) is 0 Å². The second kappa shape index (κ2) is 5.44. The van der Waals surface area contributed by atoms with Gasteiger partial charge in [0.1, 0.15) is 5.76 Å². The fourth-order valence-corrected chi connectivity index (χ4v) is 2.27. The molecule has 1 saturated heterocycles. The number of carboxylic acids is 1. The smallest absolute Gasteiger partial charge is 0.372 e. The van der Waals surface area contributed by atoms with Gasteiger partial charge in [0.15, 0.2) is 0 Å². The average Bonchev–Trinajstić information content (AvgIpc) is 2.72. The molecule has 1 aromatic heterocycles. The number of likely N-dealkylation sites (tertiary alicyclic amines) is 1. The molecule has 0 aromatic carbocycles. The van der Waals surface area contributed by atoms with Crippen LogP contribution in [-0.2, 0) is 11.3 Å². The van der Waals surface area contributed by atoms with Crippen LogP contribution < -0.4 is 5.32 Å². The third-order valence-corrected chi connectivity index (χ3v) is 3.35. The molecule has 1 aliphatic rings. The first kappa shape index (κ1) is 13.6. The molecule has 104 valence electrons. The summed E-state index contributed by atoms with van der Waals surface area (Å²) in [6, 6.07) is 1.95. The monoisotopic (exact) mass is 266 g/mol. The number of nitrogens with one attached hydrogen (secondary N) is 1. The van der Waals surface area contributed by atoms with Crippen LogP contribution in [0, 0.1) is 6.92 Å². The number of aromatic carboxylic acids is 1. The lowest BCUT2D eigenvalue weighted by Gasteiger charge is -2.30. The molecule has 6 nitrogen and oxygen atoms in total. The van der Waals surface area contributed by atoms with E-state index in [-0.39, 0.29) is 17.7 Å². The summed E-state index contributed by atoms with van der Waals surface area (Å²) >= 11 is 0. The Balaban J connectivity index is 1.90. The maximum Gasteiger partial charge on any atom is 0.372 e. The summed E-state index contributed by atoms with van der Waals surface area (Å²) < 4.78 is 5.27. The highest BCUT2D eigenvalue weighted by atomic mass is 16.4. The summed E-state index contributed by atoms with van der Waals surface area (Å²) in [5.74, 6) is -0.283. The van der Waals surface area contributed by atoms with Gasteiger partial charge in [0, 0.05) is 31.6 Å². The van der Waals surface area contributed by atoms with Crippen LogP contribution in [0.3, 0.4) is 0 Å². The first-order valence-electron chi connectivity index (χ1n) is 6.27. The molecular formula is C13H18N2O4. The molecule has 1 amide bonds. The van der Waals surface area contributed by atoms with Crippen molar-refractivity contribution >= 4 is 11.9 Å². The van der Waals surface area contributed by atoms with Crippen molar-refractivity contribution in [3.8, 4) is 0 Å². The number of likely N-dealkylation sites (N-methyl/N-ethyl adjacent to an activating group) is 1. The van der Waals surface area contributed by atoms with Crippen molar-refractivity contribution in [1.82, 2.24) is 10.2 Å². The second-order valence-corrected chi connectivity index (χ2v) is 4.92. The zero-order chi connectivity index (χ0) is 14.0. The molecule has 1 aliphatic heterocycles. The number of hydrogen-bond donors (Lipinski definition) is 2. The van der Waals surface area contributed by atoms with Crippen LogP contribution in [0.25, 0.3) is 0 Å². The maximum atomic E-state index is 11.4. The van der Waals surface area contributed by atoms with Crippen LogP contribution in [0.5, 0.6) is 0 Å². The quantitative estimate of drug-likeness (QED) is 0.849. The molecule has 19 heavy (non-hydrogen) atoms. The van der Waals surface area contributed by atoms with Crippen molar-refractivity contribution in [2.75, 3.05) is 13.6 Å². The predicted molar refractivity (Wildman–Crippen MR) is 67.9 cm³/mol. The highest BCUT2D eigenvalue weighted by Gasteiger charge is 2.23. The van der Waals surface area contributed by atoms with E-state index in [4.69, 9.17) is 9.52 Å². The summed E-state index contributed by atoms with van der Waals surface area (Å²) in [6.07, 6.45) is 1.35. The van der Waals surface area contributed by atoms with Crippen LogP contribution in [0.2, 0.25) is 0 Å². The number of carbonyl (C=O) groups is 2. The zero-order valence-electron chi connectivity index (χ0n) is 11.1. The number of hydrogen-bond acceptors (Lipinski definition) is 4. The number of carboxylic acid groups (broad SMARTS) is 1. The molecule has 0 saturated carbocycles. The normalized spacial score (nSPS) is 19.8. The fourth-order valence-electron chi connectivity index (χ4n) is 2.27. The van der Waals surface area contributed by atoms with E-state index in [0.717, 1.165) is 6.42 Å². The number of amides is 1. The molecule has 0 spiro atoms. The molecule has 6 heteroatoms. The summed E-state index contributed by atoms with van der Waals surface area (Å²) in [5.41, 5.74) is 0.625. The Bertz CT molecular complexity index is 495. The fraction of sp³-hybridized carbons (Fsp3) is 0.538. The average molecular weight is 266 g/mol. The minimum absolute atomic E-state index is 0.00672. The van der Waals surface area contributed by atoms with E-state index in [2.05, 4.69) is 5.32 Å². The molecule has 1 atom stereocenters. The van der Waals surface area contributed by atoms with E-state index >= 15 is 0 Å². The van der Waals surface area contributed by atoms with Crippen molar-refractivity contribution < 1.29 is 19.1 Å². The van der Waals surface area contributed by atoms with Crippen LogP contribution in [-0.4, -0.2) is 41.5 Å². The van der Waals surface area contributed by atoms with Gasteiger partial charge in [0.2, 0.25) is 11.7 Å². The van der Waals surface area contributed by atoms with Gasteiger partial charge in [-0.3, -0.25) is 4.79 Å². The highest BCUT2D eigenvalue weighted by molar-refractivity contribution is 5.86. The number of carbonyl (C=O) groups excluding carboxylic acids is 1. The minimum Gasteiger partial charge on any atom is -0.475 e. The van der Waals surface area contributed by atoms with Gasteiger partial charge in [-0.25, -0.2) is 4.79 Å². The first-order valence-corrected chi connectivity index (χ1v) is 6.27. The minimum atomic E-state index is -1.05. The molecule has 0 bridgehead atoms. The number of furan rings is 1. The Morgan fingerprint density at radius 1 is 1.63 bits per heavy atom.